The van der Waals surface area contributed by atoms with Crippen molar-refractivity contribution >= 4 is 17.5 Å². The Morgan fingerprint density at radius 1 is 1.14 bits per heavy atom. The van der Waals surface area contributed by atoms with Gasteiger partial charge in [-0.2, -0.15) is 13.2 Å². The zero-order chi connectivity index (χ0) is 16.3. The first-order valence-corrected chi connectivity index (χ1v) is 6.83. The molecule has 0 atom stereocenters. The minimum absolute atomic E-state index is 0.00983. The van der Waals surface area contributed by atoms with Crippen LogP contribution in [0.15, 0.2) is 48.5 Å². The normalized spacial score (nSPS) is 11.3. The molecule has 116 valence electrons. The van der Waals surface area contributed by atoms with Crippen molar-refractivity contribution in [2.45, 2.75) is 12.7 Å². The number of nitrogens with zero attached hydrogens (tertiary/aromatic N) is 1. The van der Waals surface area contributed by atoms with E-state index in [0.29, 0.717) is 5.02 Å². The second-order valence-electron chi connectivity index (χ2n) is 4.83. The smallest absolute Gasteiger partial charge is 0.337 e. The molecule has 2 nitrogen and oxygen atoms in total. The maximum absolute atomic E-state index is 12.7. The zero-order valence-electron chi connectivity index (χ0n) is 11.7. The number of benzene rings is 2. The van der Waals surface area contributed by atoms with Crippen molar-refractivity contribution in [2.75, 3.05) is 7.05 Å². The molecule has 0 saturated heterocycles. The predicted octanol–water partition coefficient (Wildman–Crippen LogP) is 4.63. The van der Waals surface area contributed by atoms with Gasteiger partial charge >= 0.3 is 6.18 Å². The second-order valence-corrected chi connectivity index (χ2v) is 5.24. The van der Waals surface area contributed by atoms with E-state index in [1.165, 1.54) is 24.1 Å². The lowest BCUT2D eigenvalue weighted by Gasteiger charge is -2.18. The van der Waals surface area contributed by atoms with Crippen LogP contribution in [0.2, 0.25) is 5.02 Å². The van der Waals surface area contributed by atoms with Crippen molar-refractivity contribution in [3.63, 3.8) is 0 Å². The fourth-order valence-electron chi connectivity index (χ4n) is 2.00. The third kappa shape index (κ3) is 3.80. The van der Waals surface area contributed by atoms with Gasteiger partial charge in [0.2, 0.25) is 0 Å². The Balaban J connectivity index is 2.19. The van der Waals surface area contributed by atoms with E-state index < -0.39 is 17.6 Å². The predicted molar refractivity (Wildman–Crippen MR) is 78.7 cm³/mol. The van der Waals surface area contributed by atoms with Crippen LogP contribution >= 0.6 is 11.6 Å². The summed E-state index contributed by atoms with van der Waals surface area (Å²) in [5.74, 6) is -0.494. The Labute approximate surface area is 131 Å². The van der Waals surface area contributed by atoms with E-state index in [1.807, 2.05) is 0 Å². The molecule has 2 aromatic rings. The molecule has 1 amide bonds. The molecular weight excluding hydrogens is 315 g/mol. The highest BCUT2D eigenvalue weighted by Gasteiger charge is 2.31. The first-order chi connectivity index (χ1) is 10.3. The Morgan fingerprint density at radius 3 is 2.45 bits per heavy atom. The topological polar surface area (TPSA) is 20.3 Å². The van der Waals surface area contributed by atoms with Gasteiger partial charge in [-0.1, -0.05) is 35.9 Å². The first-order valence-electron chi connectivity index (χ1n) is 6.45. The summed E-state index contributed by atoms with van der Waals surface area (Å²) in [6.45, 7) is 0.217. The molecule has 0 fully saturated rings. The molecule has 0 bridgehead atoms. The molecule has 0 N–H and O–H groups in total. The van der Waals surface area contributed by atoms with Crippen LogP contribution in [0.25, 0.3) is 0 Å². The first kappa shape index (κ1) is 16.4. The van der Waals surface area contributed by atoms with Gasteiger partial charge in [-0.3, -0.25) is 4.79 Å². The van der Waals surface area contributed by atoms with Gasteiger partial charge in [-0.25, -0.2) is 0 Å². The number of hydrogen-bond donors (Lipinski definition) is 0. The SMILES string of the molecule is CN(Cc1ccccc1Cl)C(=O)c1cccc(C(F)(F)F)c1. The van der Waals surface area contributed by atoms with Crippen LogP contribution < -0.4 is 0 Å². The molecule has 0 aliphatic carbocycles. The van der Waals surface area contributed by atoms with Crippen LogP contribution in [-0.4, -0.2) is 17.9 Å². The summed E-state index contributed by atoms with van der Waals surface area (Å²) >= 11 is 6.02. The lowest BCUT2D eigenvalue weighted by atomic mass is 10.1. The van der Waals surface area contributed by atoms with Gasteiger partial charge in [0.15, 0.2) is 0 Å². The van der Waals surface area contributed by atoms with Crippen molar-refractivity contribution in [1.82, 2.24) is 4.90 Å². The average molecular weight is 328 g/mol. The van der Waals surface area contributed by atoms with E-state index >= 15 is 0 Å². The summed E-state index contributed by atoms with van der Waals surface area (Å²) in [4.78, 5) is 13.6. The van der Waals surface area contributed by atoms with Crippen LogP contribution in [0, 0.1) is 0 Å². The highest BCUT2D eigenvalue weighted by atomic mass is 35.5. The van der Waals surface area contributed by atoms with Crippen LogP contribution in [0.4, 0.5) is 13.2 Å². The number of amides is 1. The lowest BCUT2D eigenvalue weighted by Crippen LogP contribution is -2.26. The lowest BCUT2D eigenvalue weighted by molar-refractivity contribution is -0.137. The number of hydrogen-bond acceptors (Lipinski definition) is 1. The van der Waals surface area contributed by atoms with Gasteiger partial charge in [0.25, 0.3) is 5.91 Å². The summed E-state index contributed by atoms with van der Waals surface area (Å²) < 4.78 is 38.1. The average Bonchev–Trinajstić information content (AvgIpc) is 2.48. The van der Waals surface area contributed by atoms with Gasteiger partial charge < -0.3 is 4.90 Å². The van der Waals surface area contributed by atoms with Crippen LogP contribution in [-0.2, 0) is 12.7 Å². The standard InChI is InChI=1S/C16H13ClF3NO/c1-21(10-12-5-2-3-8-14(12)17)15(22)11-6-4-7-13(9-11)16(18,19)20/h2-9H,10H2,1H3. The number of halogens is 4. The number of alkyl halides is 3. The number of rotatable bonds is 3. The highest BCUT2D eigenvalue weighted by Crippen LogP contribution is 2.29. The van der Waals surface area contributed by atoms with Gasteiger partial charge in [0, 0.05) is 24.2 Å². The molecule has 6 heteroatoms. The number of carbonyl (C=O) groups is 1. The van der Waals surface area contributed by atoms with E-state index in [9.17, 15) is 18.0 Å². The maximum atomic E-state index is 12.7. The van der Waals surface area contributed by atoms with Gasteiger partial charge in [0.1, 0.15) is 0 Å². The van der Waals surface area contributed by atoms with E-state index in [1.54, 1.807) is 24.3 Å². The molecule has 0 unspecified atom stereocenters. The van der Waals surface area contributed by atoms with E-state index in [0.717, 1.165) is 17.7 Å². The van der Waals surface area contributed by atoms with Crippen LogP contribution in [0.1, 0.15) is 21.5 Å². The molecule has 22 heavy (non-hydrogen) atoms. The molecule has 0 heterocycles. The summed E-state index contributed by atoms with van der Waals surface area (Å²) in [6.07, 6.45) is -4.47. The summed E-state index contributed by atoms with van der Waals surface area (Å²) in [6, 6.07) is 11.4. The van der Waals surface area contributed by atoms with E-state index in [4.69, 9.17) is 11.6 Å². The second kappa shape index (κ2) is 6.40. The Hall–Kier alpha value is -2.01. The molecule has 2 aromatic carbocycles. The Morgan fingerprint density at radius 2 is 1.82 bits per heavy atom. The quantitative estimate of drug-likeness (QED) is 0.804. The van der Waals surface area contributed by atoms with E-state index in [2.05, 4.69) is 0 Å². The summed E-state index contributed by atoms with van der Waals surface area (Å²) in [5, 5.41) is 0.506. The van der Waals surface area contributed by atoms with Gasteiger partial charge in [-0.15, -0.1) is 0 Å². The van der Waals surface area contributed by atoms with Crippen molar-refractivity contribution in [3.05, 3.63) is 70.2 Å². The zero-order valence-corrected chi connectivity index (χ0v) is 12.4. The minimum Gasteiger partial charge on any atom is -0.337 e. The van der Waals surface area contributed by atoms with Gasteiger partial charge in [0.05, 0.1) is 5.56 Å². The molecule has 0 spiro atoms. The van der Waals surface area contributed by atoms with E-state index in [-0.39, 0.29) is 12.1 Å². The molecule has 2 rings (SSSR count). The molecule has 0 aliphatic heterocycles. The third-order valence-corrected chi connectivity index (χ3v) is 3.52. The molecule has 0 aromatic heterocycles. The largest absolute Gasteiger partial charge is 0.416 e. The monoisotopic (exact) mass is 327 g/mol. The fourth-order valence-corrected chi connectivity index (χ4v) is 2.20. The highest BCUT2D eigenvalue weighted by molar-refractivity contribution is 6.31. The fraction of sp³-hybridized carbons (Fsp3) is 0.188. The molecule has 0 radical (unpaired) electrons. The van der Waals surface area contributed by atoms with Crippen molar-refractivity contribution in [3.8, 4) is 0 Å². The Kier molecular flexibility index (Phi) is 4.76. The third-order valence-electron chi connectivity index (χ3n) is 3.15. The molecule has 0 aliphatic rings. The van der Waals surface area contributed by atoms with Gasteiger partial charge in [-0.05, 0) is 29.8 Å². The molecular formula is C16H13ClF3NO. The maximum Gasteiger partial charge on any atom is 0.416 e. The molecule has 0 saturated carbocycles. The van der Waals surface area contributed by atoms with Crippen LogP contribution in [0.5, 0.6) is 0 Å². The van der Waals surface area contributed by atoms with Crippen molar-refractivity contribution < 1.29 is 18.0 Å². The van der Waals surface area contributed by atoms with Crippen LogP contribution in [0.3, 0.4) is 0 Å². The summed E-state index contributed by atoms with van der Waals surface area (Å²) in [7, 11) is 1.52. The minimum atomic E-state index is -4.47. The van der Waals surface area contributed by atoms with Crippen molar-refractivity contribution in [1.29, 1.82) is 0 Å². The van der Waals surface area contributed by atoms with Crippen molar-refractivity contribution in [2.24, 2.45) is 0 Å². The summed E-state index contributed by atoms with van der Waals surface area (Å²) in [5.41, 5.74) is -0.124. The number of carbonyl (C=O) groups excluding carboxylic acids is 1. The Bertz CT molecular complexity index is 685.